The summed E-state index contributed by atoms with van der Waals surface area (Å²) in [5.74, 6) is 1.13. The summed E-state index contributed by atoms with van der Waals surface area (Å²) >= 11 is 0. The Morgan fingerprint density at radius 2 is 1.70 bits per heavy atom. The van der Waals surface area contributed by atoms with Crippen LogP contribution in [0.1, 0.15) is 41.2 Å². The van der Waals surface area contributed by atoms with E-state index in [1.807, 2.05) is 0 Å². The molecule has 1 fully saturated rings. The van der Waals surface area contributed by atoms with Gasteiger partial charge in [-0.15, -0.1) is 0 Å². The van der Waals surface area contributed by atoms with E-state index >= 15 is 0 Å². The van der Waals surface area contributed by atoms with E-state index in [9.17, 15) is 0 Å². The van der Waals surface area contributed by atoms with Gasteiger partial charge in [0.05, 0.1) is 5.69 Å². The number of imidazole rings is 1. The van der Waals surface area contributed by atoms with Crippen LogP contribution in [-0.4, -0.2) is 34.6 Å². The summed E-state index contributed by atoms with van der Waals surface area (Å²) in [7, 11) is 4.38. The summed E-state index contributed by atoms with van der Waals surface area (Å²) in [5, 5.41) is 0. The molecule has 0 N–H and O–H groups in total. The van der Waals surface area contributed by atoms with Crippen LogP contribution < -0.4 is 0 Å². The lowest BCUT2D eigenvalue weighted by Crippen LogP contribution is -2.27. The lowest BCUT2D eigenvalue weighted by Gasteiger charge is -2.26. The first-order valence-electron chi connectivity index (χ1n) is 8.66. The van der Waals surface area contributed by atoms with Crippen LogP contribution in [0, 0.1) is 6.92 Å². The number of hydrogen-bond acceptors (Lipinski definition) is 2. The van der Waals surface area contributed by atoms with Crippen LogP contribution in [0.2, 0.25) is 0 Å². The van der Waals surface area contributed by atoms with Crippen LogP contribution >= 0.6 is 0 Å². The van der Waals surface area contributed by atoms with Crippen molar-refractivity contribution < 1.29 is 0 Å². The van der Waals surface area contributed by atoms with Crippen LogP contribution in [0.4, 0.5) is 0 Å². The molecule has 1 aliphatic heterocycles. The van der Waals surface area contributed by atoms with E-state index in [0.29, 0.717) is 0 Å². The molecule has 0 saturated carbocycles. The SMILES string of the molecule is Cc1nc2c(n1C)CCc1ccccc1C2=C1CCN(C)CC1. The van der Waals surface area contributed by atoms with E-state index in [0.717, 1.165) is 44.6 Å². The summed E-state index contributed by atoms with van der Waals surface area (Å²) < 4.78 is 2.29. The number of aromatic nitrogens is 2. The van der Waals surface area contributed by atoms with E-state index in [4.69, 9.17) is 4.98 Å². The predicted molar refractivity (Wildman–Crippen MR) is 94.5 cm³/mol. The van der Waals surface area contributed by atoms with Gasteiger partial charge in [0.25, 0.3) is 0 Å². The van der Waals surface area contributed by atoms with Crippen molar-refractivity contribution in [3.63, 3.8) is 0 Å². The van der Waals surface area contributed by atoms with Crippen molar-refractivity contribution in [2.45, 2.75) is 32.6 Å². The van der Waals surface area contributed by atoms with Crippen LogP contribution in [0.3, 0.4) is 0 Å². The second kappa shape index (κ2) is 5.64. The average molecular weight is 307 g/mol. The van der Waals surface area contributed by atoms with Gasteiger partial charge in [-0.3, -0.25) is 0 Å². The third-order valence-corrected chi connectivity index (χ3v) is 5.54. The number of piperidine rings is 1. The number of hydrogen-bond donors (Lipinski definition) is 0. The fourth-order valence-electron chi connectivity index (χ4n) is 4.00. The number of likely N-dealkylation sites (tertiary alicyclic amines) is 1. The lowest BCUT2D eigenvalue weighted by atomic mass is 9.89. The Kier molecular flexibility index (Phi) is 3.61. The van der Waals surface area contributed by atoms with Crippen LogP contribution in [0.5, 0.6) is 0 Å². The largest absolute Gasteiger partial charge is 0.335 e. The topological polar surface area (TPSA) is 21.1 Å². The van der Waals surface area contributed by atoms with E-state index in [2.05, 4.69) is 54.8 Å². The van der Waals surface area contributed by atoms with Gasteiger partial charge >= 0.3 is 0 Å². The van der Waals surface area contributed by atoms with Crippen molar-refractivity contribution >= 4 is 5.57 Å². The van der Waals surface area contributed by atoms with Gasteiger partial charge < -0.3 is 9.47 Å². The highest BCUT2D eigenvalue weighted by Gasteiger charge is 2.26. The van der Waals surface area contributed by atoms with Gasteiger partial charge in [-0.1, -0.05) is 29.8 Å². The molecular formula is C20H25N3. The predicted octanol–water partition coefficient (Wildman–Crippen LogP) is 3.35. The van der Waals surface area contributed by atoms with Gasteiger partial charge in [0.1, 0.15) is 5.82 Å². The van der Waals surface area contributed by atoms with E-state index in [-0.39, 0.29) is 0 Å². The fourth-order valence-corrected chi connectivity index (χ4v) is 4.00. The molecule has 2 heterocycles. The molecule has 0 atom stereocenters. The zero-order valence-electron chi connectivity index (χ0n) is 14.4. The van der Waals surface area contributed by atoms with Gasteiger partial charge in [0.15, 0.2) is 0 Å². The lowest BCUT2D eigenvalue weighted by molar-refractivity contribution is 0.313. The van der Waals surface area contributed by atoms with Crippen molar-refractivity contribution in [2.75, 3.05) is 20.1 Å². The Bertz CT molecular complexity index is 772. The summed E-state index contributed by atoms with van der Waals surface area (Å²) in [6.45, 7) is 4.43. The Balaban J connectivity index is 1.95. The van der Waals surface area contributed by atoms with Gasteiger partial charge in [0.2, 0.25) is 0 Å². The maximum atomic E-state index is 4.98. The van der Waals surface area contributed by atoms with Gasteiger partial charge in [-0.2, -0.15) is 0 Å². The van der Waals surface area contributed by atoms with Gasteiger partial charge in [0, 0.05) is 31.4 Å². The molecule has 120 valence electrons. The Morgan fingerprint density at radius 1 is 0.957 bits per heavy atom. The zero-order valence-corrected chi connectivity index (χ0v) is 14.4. The van der Waals surface area contributed by atoms with Crippen LogP contribution in [0.15, 0.2) is 29.8 Å². The number of fused-ring (bicyclic) bond motifs is 2. The Hall–Kier alpha value is -1.87. The molecule has 2 aliphatic rings. The molecule has 1 saturated heterocycles. The van der Waals surface area contributed by atoms with Crippen molar-refractivity contribution in [3.05, 3.63) is 58.2 Å². The molecule has 4 rings (SSSR count). The molecular weight excluding hydrogens is 282 g/mol. The molecule has 1 aromatic heterocycles. The van der Waals surface area contributed by atoms with Crippen LogP contribution in [-0.2, 0) is 19.9 Å². The van der Waals surface area contributed by atoms with Crippen molar-refractivity contribution in [3.8, 4) is 0 Å². The Labute approximate surface area is 138 Å². The highest BCUT2D eigenvalue weighted by atomic mass is 15.1. The van der Waals surface area contributed by atoms with Crippen molar-refractivity contribution in [2.24, 2.45) is 7.05 Å². The summed E-state index contributed by atoms with van der Waals surface area (Å²) in [5.41, 5.74) is 8.57. The van der Waals surface area contributed by atoms with E-state index in [1.165, 1.54) is 28.1 Å². The molecule has 0 spiro atoms. The van der Waals surface area contributed by atoms with Gasteiger partial charge in [-0.05, 0) is 50.8 Å². The fraction of sp³-hybridized carbons (Fsp3) is 0.450. The molecule has 1 aromatic carbocycles. The van der Waals surface area contributed by atoms with E-state index < -0.39 is 0 Å². The normalized spacial score (nSPS) is 18.6. The molecule has 2 aromatic rings. The number of nitrogens with zero attached hydrogens (tertiary/aromatic N) is 3. The van der Waals surface area contributed by atoms with Crippen molar-refractivity contribution in [1.82, 2.24) is 14.5 Å². The minimum Gasteiger partial charge on any atom is -0.335 e. The molecule has 0 bridgehead atoms. The molecule has 3 nitrogen and oxygen atoms in total. The van der Waals surface area contributed by atoms with Gasteiger partial charge in [-0.25, -0.2) is 4.98 Å². The summed E-state index contributed by atoms with van der Waals surface area (Å²) in [6.07, 6.45) is 4.52. The highest BCUT2D eigenvalue weighted by Crippen LogP contribution is 2.38. The highest BCUT2D eigenvalue weighted by molar-refractivity contribution is 5.84. The summed E-state index contributed by atoms with van der Waals surface area (Å²) in [6, 6.07) is 8.94. The molecule has 1 aliphatic carbocycles. The minimum absolute atomic E-state index is 1.08. The molecule has 23 heavy (non-hydrogen) atoms. The molecule has 0 unspecified atom stereocenters. The maximum Gasteiger partial charge on any atom is 0.106 e. The zero-order chi connectivity index (χ0) is 16.0. The summed E-state index contributed by atoms with van der Waals surface area (Å²) in [4.78, 5) is 7.40. The first-order chi connectivity index (χ1) is 11.1. The maximum absolute atomic E-state index is 4.98. The molecule has 0 amide bonds. The molecule has 0 radical (unpaired) electrons. The number of benzene rings is 1. The number of rotatable bonds is 0. The second-order valence-corrected chi connectivity index (χ2v) is 6.95. The number of aryl methyl sites for hydroxylation is 2. The van der Waals surface area contributed by atoms with Crippen LogP contribution in [0.25, 0.3) is 5.57 Å². The first kappa shape index (κ1) is 14.7. The van der Waals surface area contributed by atoms with E-state index in [1.54, 1.807) is 5.57 Å². The van der Waals surface area contributed by atoms with Crippen molar-refractivity contribution in [1.29, 1.82) is 0 Å². The minimum atomic E-state index is 1.08. The molecule has 3 heteroatoms. The standard InChI is InChI=1S/C20H25N3/c1-14-21-20-18(23(14)3)9-8-15-6-4-5-7-17(15)19(20)16-10-12-22(2)13-11-16/h4-7H,8-13H2,1-3H3. The smallest absolute Gasteiger partial charge is 0.106 e. The average Bonchev–Trinajstić information content (AvgIpc) is 2.75. The quantitative estimate of drug-likeness (QED) is 0.744. The Morgan fingerprint density at radius 3 is 2.48 bits per heavy atom. The monoisotopic (exact) mass is 307 g/mol. The third-order valence-electron chi connectivity index (χ3n) is 5.54. The second-order valence-electron chi connectivity index (χ2n) is 6.95. The first-order valence-corrected chi connectivity index (χ1v) is 8.66. The third kappa shape index (κ3) is 2.43.